The Morgan fingerprint density at radius 1 is 1.50 bits per heavy atom. The van der Waals surface area contributed by atoms with Crippen LogP contribution in [-0.2, 0) is 6.42 Å². The lowest BCUT2D eigenvalue weighted by atomic mass is 10.1. The first-order valence-corrected chi connectivity index (χ1v) is 4.89. The van der Waals surface area contributed by atoms with Gasteiger partial charge in [-0.25, -0.2) is 0 Å². The van der Waals surface area contributed by atoms with E-state index in [2.05, 4.69) is 41.1 Å². The highest BCUT2D eigenvalue weighted by Crippen LogP contribution is 2.19. The van der Waals surface area contributed by atoms with E-state index in [9.17, 15) is 0 Å². The number of nitrogens with two attached hydrogens (primary N) is 1. The Kier molecular flexibility index (Phi) is 3.29. The van der Waals surface area contributed by atoms with E-state index in [1.807, 2.05) is 6.92 Å². The number of aryl methyl sites for hydroxylation is 1. The SMILES string of the molecule is Cc1ccc(Br)c(C[C@H](C)N)c1. The molecule has 0 aliphatic rings. The van der Waals surface area contributed by atoms with Gasteiger partial charge in [0.05, 0.1) is 0 Å². The van der Waals surface area contributed by atoms with Gasteiger partial charge in [0.1, 0.15) is 0 Å². The van der Waals surface area contributed by atoms with Crippen molar-refractivity contribution in [2.45, 2.75) is 26.3 Å². The van der Waals surface area contributed by atoms with E-state index in [1.54, 1.807) is 0 Å². The molecule has 0 bridgehead atoms. The molecule has 0 saturated heterocycles. The lowest BCUT2D eigenvalue weighted by Gasteiger charge is -2.08. The summed E-state index contributed by atoms with van der Waals surface area (Å²) in [5.74, 6) is 0. The van der Waals surface area contributed by atoms with E-state index < -0.39 is 0 Å². The summed E-state index contributed by atoms with van der Waals surface area (Å²) in [7, 11) is 0. The first kappa shape index (κ1) is 9.75. The van der Waals surface area contributed by atoms with E-state index in [0.717, 1.165) is 10.9 Å². The monoisotopic (exact) mass is 227 g/mol. The molecule has 12 heavy (non-hydrogen) atoms. The van der Waals surface area contributed by atoms with Crippen LogP contribution in [0.2, 0.25) is 0 Å². The lowest BCUT2D eigenvalue weighted by molar-refractivity contribution is 0.735. The third kappa shape index (κ3) is 2.61. The smallest absolute Gasteiger partial charge is 0.0208 e. The normalized spacial score (nSPS) is 13.0. The second kappa shape index (κ2) is 4.06. The number of hydrogen-bond donors (Lipinski definition) is 1. The lowest BCUT2D eigenvalue weighted by Crippen LogP contribution is -2.18. The van der Waals surface area contributed by atoms with Crippen LogP contribution in [-0.4, -0.2) is 6.04 Å². The maximum absolute atomic E-state index is 5.72. The number of rotatable bonds is 2. The minimum absolute atomic E-state index is 0.225. The molecule has 66 valence electrons. The fourth-order valence-electron chi connectivity index (χ4n) is 1.21. The highest BCUT2D eigenvalue weighted by molar-refractivity contribution is 9.10. The first-order valence-electron chi connectivity index (χ1n) is 4.10. The summed E-state index contributed by atoms with van der Waals surface area (Å²) >= 11 is 3.50. The molecule has 0 aliphatic heterocycles. The summed E-state index contributed by atoms with van der Waals surface area (Å²) in [5.41, 5.74) is 8.30. The van der Waals surface area contributed by atoms with Crippen molar-refractivity contribution in [1.29, 1.82) is 0 Å². The van der Waals surface area contributed by atoms with E-state index >= 15 is 0 Å². The quantitative estimate of drug-likeness (QED) is 0.827. The van der Waals surface area contributed by atoms with Gasteiger partial charge in [0.2, 0.25) is 0 Å². The molecule has 0 heterocycles. The topological polar surface area (TPSA) is 26.0 Å². The number of benzene rings is 1. The molecule has 2 heteroatoms. The molecule has 0 radical (unpaired) electrons. The van der Waals surface area contributed by atoms with Crippen molar-refractivity contribution in [1.82, 2.24) is 0 Å². The molecule has 0 saturated carbocycles. The molecule has 1 aromatic carbocycles. The van der Waals surface area contributed by atoms with Crippen molar-refractivity contribution in [3.05, 3.63) is 33.8 Å². The van der Waals surface area contributed by atoms with Crippen LogP contribution >= 0.6 is 15.9 Å². The average Bonchev–Trinajstić information content (AvgIpc) is 1.96. The van der Waals surface area contributed by atoms with E-state index in [-0.39, 0.29) is 6.04 Å². The second-order valence-electron chi connectivity index (χ2n) is 3.28. The summed E-state index contributed by atoms with van der Waals surface area (Å²) < 4.78 is 1.16. The third-order valence-electron chi connectivity index (χ3n) is 1.74. The summed E-state index contributed by atoms with van der Waals surface area (Å²) in [6, 6.07) is 6.57. The van der Waals surface area contributed by atoms with E-state index in [0.29, 0.717) is 0 Å². The van der Waals surface area contributed by atoms with Gasteiger partial charge in [-0.2, -0.15) is 0 Å². The standard InChI is InChI=1S/C10H14BrN/c1-7-3-4-10(11)9(5-7)6-8(2)12/h3-5,8H,6,12H2,1-2H3/t8-/m0/s1. The Morgan fingerprint density at radius 3 is 2.75 bits per heavy atom. The first-order chi connectivity index (χ1) is 5.59. The predicted molar refractivity (Wildman–Crippen MR) is 56.2 cm³/mol. The third-order valence-corrected chi connectivity index (χ3v) is 2.52. The van der Waals surface area contributed by atoms with Gasteiger partial charge in [0, 0.05) is 10.5 Å². The fraction of sp³-hybridized carbons (Fsp3) is 0.400. The van der Waals surface area contributed by atoms with Crippen LogP contribution in [0.5, 0.6) is 0 Å². The average molecular weight is 228 g/mol. The Labute approximate surface area is 82.1 Å². The Hall–Kier alpha value is -0.340. The molecule has 0 amide bonds. The van der Waals surface area contributed by atoms with Gasteiger partial charge >= 0.3 is 0 Å². The fourth-order valence-corrected chi connectivity index (χ4v) is 1.62. The molecule has 0 unspecified atom stereocenters. The molecule has 1 rings (SSSR count). The van der Waals surface area contributed by atoms with Crippen LogP contribution in [0.25, 0.3) is 0 Å². The summed E-state index contributed by atoms with van der Waals surface area (Å²) in [6.45, 7) is 4.12. The van der Waals surface area contributed by atoms with Gasteiger partial charge in [0.25, 0.3) is 0 Å². The molecule has 2 N–H and O–H groups in total. The highest BCUT2D eigenvalue weighted by atomic mass is 79.9. The zero-order valence-electron chi connectivity index (χ0n) is 7.47. The number of halogens is 1. The van der Waals surface area contributed by atoms with Crippen LogP contribution in [0.3, 0.4) is 0 Å². The van der Waals surface area contributed by atoms with Gasteiger partial charge in [-0.15, -0.1) is 0 Å². The molecular weight excluding hydrogens is 214 g/mol. The second-order valence-corrected chi connectivity index (χ2v) is 4.13. The minimum Gasteiger partial charge on any atom is -0.328 e. The summed E-state index contributed by atoms with van der Waals surface area (Å²) in [5, 5.41) is 0. The Morgan fingerprint density at radius 2 is 2.17 bits per heavy atom. The van der Waals surface area contributed by atoms with Gasteiger partial charge in [0.15, 0.2) is 0 Å². The molecule has 0 aromatic heterocycles. The highest BCUT2D eigenvalue weighted by Gasteiger charge is 2.02. The summed E-state index contributed by atoms with van der Waals surface area (Å²) in [6.07, 6.45) is 0.933. The van der Waals surface area contributed by atoms with E-state index in [4.69, 9.17) is 5.73 Å². The summed E-state index contributed by atoms with van der Waals surface area (Å²) in [4.78, 5) is 0. The maximum Gasteiger partial charge on any atom is 0.0208 e. The predicted octanol–water partition coefficient (Wildman–Crippen LogP) is 2.65. The van der Waals surface area contributed by atoms with Crippen molar-refractivity contribution >= 4 is 15.9 Å². The van der Waals surface area contributed by atoms with Crippen LogP contribution in [0.1, 0.15) is 18.1 Å². The van der Waals surface area contributed by atoms with Crippen LogP contribution < -0.4 is 5.73 Å². The zero-order valence-corrected chi connectivity index (χ0v) is 9.06. The van der Waals surface area contributed by atoms with Crippen molar-refractivity contribution in [3.63, 3.8) is 0 Å². The largest absolute Gasteiger partial charge is 0.328 e. The zero-order chi connectivity index (χ0) is 9.14. The van der Waals surface area contributed by atoms with Crippen molar-refractivity contribution in [2.24, 2.45) is 5.73 Å². The van der Waals surface area contributed by atoms with Gasteiger partial charge < -0.3 is 5.73 Å². The molecule has 0 fully saturated rings. The van der Waals surface area contributed by atoms with Crippen molar-refractivity contribution < 1.29 is 0 Å². The van der Waals surface area contributed by atoms with Crippen molar-refractivity contribution in [3.8, 4) is 0 Å². The molecule has 1 nitrogen and oxygen atoms in total. The minimum atomic E-state index is 0.225. The molecule has 0 spiro atoms. The van der Waals surface area contributed by atoms with Crippen LogP contribution in [0.4, 0.5) is 0 Å². The maximum atomic E-state index is 5.72. The van der Waals surface area contributed by atoms with Gasteiger partial charge in [-0.1, -0.05) is 33.6 Å². The van der Waals surface area contributed by atoms with E-state index in [1.165, 1.54) is 11.1 Å². The van der Waals surface area contributed by atoms with Crippen LogP contribution in [0.15, 0.2) is 22.7 Å². The number of hydrogen-bond acceptors (Lipinski definition) is 1. The van der Waals surface area contributed by atoms with Gasteiger partial charge in [-0.05, 0) is 31.9 Å². The molecule has 1 atom stereocenters. The molecule has 1 aromatic rings. The van der Waals surface area contributed by atoms with Crippen LogP contribution in [0, 0.1) is 6.92 Å². The Bertz CT molecular complexity index is 269. The molecule has 0 aliphatic carbocycles. The van der Waals surface area contributed by atoms with Gasteiger partial charge in [-0.3, -0.25) is 0 Å². The Balaban J connectivity index is 2.90. The van der Waals surface area contributed by atoms with Crippen molar-refractivity contribution in [2.75, 3.05) is 0 Å². The molecular formula is C10H14BrN.